The van der Waals surface area contributed by atoms with Gasteiger partial charge in [-0.2, -0.15) is 0 Å². The summed E-state index contributed by atoms with van der Waals surface area (Å²) in [5.74, 6) is 0.0924. The molecule has 0 aliphatic carbocycles. The van der Waals surface area contributed by atoms with Gasteiger partial charge in [0.2, 0.25) is 5.91 Å². The largest absolute Gasteiger partial charge is 0.393 e. The first-order chi connectivity index (χ1) is 10.1. The van der Waals surface area contributed by atoms with Crippen LogP contribution in [0.5, 0.6) is 0 Å². The third kappa shape index (κ3) is 7.72. The number of aromatic nitrogens is 1. The quantitative estimate of drug-likeness (QED) is 0.528. The minimum atomic E-state index is 0.0924. The fourth-order valence-electron chi connectivity index (χ4n) is 1.88. The van der Waals surface area contributed by atoms with Crippen molar-refractivity contribution in [3.63, 3.8) is 0 Å². The smallest absolute Gasteiger partial charge is 0.222 e. The van der Waals surface area contributed by atoms with Crippen LogP contribution in [0.3, 0.4) is 0 Å². The van der Waals surface area contributed by atoms with Crippen molar-refractivity contribution in [3.05, 3.63) is 30.1 Å². The predicted molar refractivity (Wildman–Crippen MR) is 86.8 cm³/mol. The van der Waals surface area contributed by atoms with Crippen LogP contribution in [0.1, 0.15) is 31.7 Å². The lowest BCUT2D eigenvalue weighted by Crippen LogP contribution is -2.33. The summed E-state index contributed by atoms with van der Waals surface area (Å²) in [5, 5.41) is 0. The number of ether oxygens (including phenoxy) is 1. The molecule has 0 saturated carbocycles. The van der Waals surface area contributed by atoms with Gasteiger partial charge in [-0.1, -0.05) is 18.3 Å². The van der Waals surface area contributed by atoms with Crippen LogP contribution in [0, 0.1) is 0 Å². The molecule has 5 nitrogen and oxygen atoms in total. The second-order valence-corrected chi connectivity index (χ2v) is 5.22. The van der Waals surface area contributed by atoms with E-state index in [2.05, 4.69) is 4.98 Å². The van der Waals surface area contributed by atoms with Gasteiger partial charge < -0.3 is 15.4 Å². The zero-order valence-electron chi connectivity index (χ0n) is 12.5. The van der Waals surface area contributed by atoms with Gasteiger partial charge in [-0.05, 0) is 25.0 Å². The number of hydrogen-bond donors (Lipinski definition) is 1. The molecule has 0 unspecified atom stereocenters. The van der Waals surface area contributed by atoms with Crippen molar-refractivity contribution in [1.29, 1.82) is 0 Å². The van der Waals surface area contributed by atoms with Crippen LogP contribution in [0.4, 0.5) is 0 Å². The molecule has 0 aliphatic heterocycles. The Balaban J connectivity index is 2.54. The Labute approximate surface area is 131 Å². The van der Waals surface area contributed by atoms with E-state index in [9.17, 15) is 4.79 Å². The predicted octanol–water partition coefficient (Wildman–Crippen LogP) is 1.90. The molecule has 1 amide bonds. The van der Waals surface area contributed by atoms with E-state index in [4.69, 9.17) is 22.7 Å². The zero-order chi connectivity index (χ0) is 15.5. The molecule has 2 N–H and O–H groups in total. The summed E-state index contributed by atoms with van der Waals surface area (Å²) in [6.45, 7) is 4.30. The van der Waals surface area contributed by atoms with Crippen LogP contribution < -0.4 is 5.73 Å². The van der Waals surface area contributed by atoms with Crippen molar-refractivity contribution in [2.75, 3.05) is 19.8 Å². The number of rotatable bonds is 10. The Morgan fingerprint density at radius 3 is 2.90 bits per heavy atom. The van der Waals surface area contributed by atoms with E-state index in [0.29, 0.717) is 44.1 Å². The molecule has 0 aliphatic rings. The Bertz CT molecular complexity index is 440. The van der Waals surface area contributed by atoms with Crippen LogP contribution in [-0.4, -0.2) is 40.5 Å². The lowest BCUT2D eigenvalue weighted by Gasteiger charge is -2.22. The van der Waals surface area contributed by atoms with Gasteiger partial charge in [-0.3, -0.25) is 9.78 Å². The molecular formula is C15H23N3O2S. The van der Waals surface area contributed by atoms with Gasteiger partial charge in [0.05, 0.1) is 4.99 Å². The van der Waals surface area contributed by atoms with Gasteiger partial charge in [0.1, 0.15) is 0 Å². The number of amides is 1. The van der Waals surface area contributed by atoms with Crippen LogP contribution in [0.25, 0.3) is 0 Å². The van der Waals surface area contributed by atoms with E-state index >= 15 is 0 Å². The average molecular weight is 309 g/mol. The molecule has 1 aromatic rings. The van der Waals surface area contributed by atoms with Crippen molar-refractivity contribution in [2.45, 2.75) is 32.7 Å². The lowest BCUT2D eigenvalue weighted by atomic mass is 10.2. The maximum Gasteiger partial charge on any atom is 0.222 e. The highest BCUT2D eigenvalue weighted by atomic mass is 32.1. The van der Waals surface area contributed by atoms with Gasteiger partial charge in [0, 0.05) is 51.5 Å². The Morgan fingerprint density at radius 2 is 2.29 bits per heavy atom. The number of pyridine rings is 1. The molecule has 1 rings (SSSR count). The van der Waals surface area contributed by atoms with E-state index in [1.807, 2.05) is 19.1 Å². The molecule has 0 bridgehead atoms. The third-order valence-electron chi connectivity index (χ3n) is 2.96. The fourth-order valence-corrected chi connectivity index (χ4v) is 1.97. The molecule has 0 spiro atoms. The second-order valence-electron chi connectivity index (χ2n) is 4.69. The highest BCUT2D eigenvalue weighted by Crippen LogP contribution is 2.07. The van der Waals surface area contributed by atoms with Gasteiger partial charge in [0.15, 0.2) is 0 Å². The maximum absolute atomic E-state index is 12.3. The van der Waals surface area contributed by atoms with E-state index in [0.717, 1.165) is 12.0 Å². The van der Waals surface area contributed by atoms with Crippen LogP contribution in [0.15, 0.2) is 24.5 Å². The standard InChI is InChI=1S/C15H23N3O2S/c1-2-20-10-4-6-15(19)18(9-7-14(16)21)12-13-5-3-8-17-11-13/h3,5,8,11H,2,4,6-7,9-10,12H2,1H3,(H2,16,21). The highest BCUT2D eigenvalue weighted by Gasteiger charge is 2.14. The number of thiocarbonyl (C=S) groups is 1. The molecule has 6 heteroatoms. The zero-order valence-corrected chi connectivity index (χ0v) is 13.3. The monoisotopic (exact) mass is 309 g/mol. The summed E-state index contributed by atoms with van der Waals surface area (Å²) < 4.78 is 5.26. The first-order valence-corrected chi connectivity index (χ1v) is 7.57. The number of hydrogen-bond acceptors (Lipinski definition) is 4. The summed E-state index contributed by atoms with van der Waals surface area (Å²) in [6, 6.07) is 3.81. The molecule has 21 heavy (non-hydrogen) atoms. The molecule has 0 fully saturated rings. The number of carbonyl (C=O) groups excluding carboxylic acids is 1. The second kappa shape index (κ2) is 10.2. The summed E-state index contributed by atoms with van der Waals surface area (Å²) >= 11 is 4.89. The summed E-state index contributed by atoms with van der Waals surface area (Å²) in [5.41, 5.74) is 6.53. The first-order valence-electron chi connectivity index (χ1n) is 7.16. The van der Waals surface area contributed by atoms with Crippen molar-refractivity contribution < 1.29 is 9.53 Å². The van der Waals surface area contributed by atoms with Crippen LogP contribution in [-0.2, 0) is 16.1 Å². The van der Waals surface area contributed by atoms with Crippen molar-refractivity contribution in [3.8, 4) is 0 Å². The van der Waals surface area contributed by atoms with Crippen LogP contribution in [0.2, 0.25) is 0 Å². The molecule has 0 radical (unpaired) electrons. The molecule has 0 saturated heterocycles. The highest BCUT2D eigenvalue weighted by molar-refractivity contribution is 7.80. The summed E-state index contributed by atoms with van der Waals surface area (Å²) in [4.78, 5) is 18.6. The number of nitrogens with two attached hydrogens (primary N) is 1. The topological polar surface area (TPSA) is 68.5 Å². The maximum atomic E-state index is 12.3. The normalized spacial score (nSPS) is 10.3. The molecule has 0 atom stereocenters. The lowest BCUT2D eigenvalue weighted by molar-refractivity contribution is -0.132. The number of carbonyl (C=O) groups is 1. The van der Waals surface area contributed by atoms with Gasteiger partial charge in [-0.25, -0.2) is 0 Å². The molecular weight excluding hydrogens is 286 g/mol. The SMILES string of the molecule is CCOCCCC(=O)N(CCC(N)=S)Cc1cccnc1. The summed E-state index contributed by atoms with van der Waals surface area (Å²) in [7, 11) is 0. The van der Waals surface area contributed by atoms with E-state index in [1.54, 1.807) is 17.3 Å². The molecule has 1 aromatic heterocycles. The van der Waals surface area contributed by atoms with Gasteiger partial charge in [0.25, 0.3) is 0 Å². The van der Waals surface area contributed by atoms with E-state index in [1.165, 1.54) is 0 Å². The van der Waals surface area contributed by atoms with Crippen molar-refractivity contribution in [2.24, 2.45) is 5.73 Å². The Hall–Kier alpha value is -1.53. The minimum Gasteiger partial charge on any atom is -0.393 e. The number of nitrogens with zero attached hydrogens (tertiary/aromatic N) is 2. The summed E-state index contributed by atoms with van der Waals surface area (Å²) in [6.07, 6.45) is 5.21. The van der Waals surface area contributed by atoms with Gasteiger partial charge in [-0.15, -0.1) is 0 Å². The van der Waals surface area contributed by atoms with Crippen molar-refractivity contribution in [1.82, 2.24) is 9.88 Å². The van der Waals surface area contributed by atoms with Crippen molar-refractivity contribution >= 4 is 23.1 Å². The third-order valence-corrected chi connectivity index (χ3v) is 3.16. The fraction of sp³-hybridized carbons (Fsp3) is 0.533. The van der Waals surface area contributed by atoms with Crippen LogP contribution >= 0.6 is 12.2 Å². The minimum absolute atomic E-state index is 0.0924. The average Bonchev–Trinajstić information content (AvgIpc) is 2.48. The molecule has 116 valence electrons. The first kappa shape index (κ1) is 17.5. The molecule has 1 heterocycles. The Morgan fingerprint density at radius 1 is 1.48 bits per heavy atom. The van der Waals surface area contributed by atoms with E-state index in [-0.39, 0.29) is 5.91 Å². The Kier molecular flexibility index (Phi) is 8.54. The van der Waals surface area contributed by atoms with E-state index < -0.39 is 0 Å². The van der Waals surface area contributed by atoms with Gasteiger partial charge >= 0.3 is 0 Å². The molecule has 0 aromatic carbocycles.